The first kappa shape index (κ1) is 16.7. The zero-order valence-electron chi connectivity index (χ0n) is 12.6. The lowest BCUT2D eigenvalue weighted by Gasteiger charge is -2.30. The number of carbonyl (C=O) groups is 1. The summed E-state index contributed by atoms with van der Waals surface area (Å²) in [5.41, 5.74) is -0.0741. The summed E-state index contributed by atoms with van der Waals surface area (Å²) in [5.74, 6) is 0. The van der Waals surface area contributed by atoms with Crippen molar-refractivity contribution in [2.75, 3.05) is 13.2 Å². The predicted octanol–water partition coefficient (Wildman–Crippen LogP) is 1.82. The van der Waals surface area contributed by atoms with Crippen molar-refractivity contribution in [3.63, 3.8) is 0 Å². The lowest BCUT2D eigenvalue weighted by atomic mass is 10.2. The Kier molecular flexibility index (Phi) is 4.46. The van der Waals surface area contributed by atoms with Gasteiger partial charge in [-0.05, 0) is 32.9 Å². The fraction of sp³-hybridized carbons (Fsp3) is 0.500. The van der Waals surface area contributed by atoms with E-state index in [-0.39, 0.29) is 18.1 Å². The lowest BCUT2D eigenvalue weighted by Crippen LogP contribution is -2.48. The highest BCUT2D eigenvalue weighted by atomic mass is 32.2. The number of hydrogen-bond donors (Lipinski definition) is 1. The number of carboxylic acid groups (broad SMARTS) is 1. The van der Waals surface area contributed by atoms with E-state index in [1.807, 2.05) is 6.92 Å². The van der Waals surface area contributed by atoms with Crippen molar-refractivity contribution < 1.29 is 27.2 Å². The summed E-state index contributed by atoms with van der Waals surface area (Å²) in [6.45, 7) is 4.86. The zero-order chi connectivity index (χ0) is 16.5. The first-order chi connectivity index (χ1) is 10.1. The van der Waals surface area contributed by atoms with Gasteiger partial charge in [-0.1, -0.05) is 17.7 Å². The highest BCUT2D eigenvalue weighted by Gasteiger charge is 2.44. The fourth-order valence-corrected chi connectivity index (χ4v) is 3.28. The van der Waals surface area contributed by atoms with Crippen molar-refractivity contribution in [1.82, 2.24) is 4.90 Å². The Hall–Kier alpha value is -1.64. The van der Waals surface area contributed by atoms with E-state index < -0.39 is 28.0 Å². The highest BCUT2D eigenvalue weighted by molar-refractivity contribution is 7.86. The van der Waals surface area contributed by atoms with E-state index in [0.29, 0.717) is 0 Å². The molecule has 7 nitrogen and oxygen atoms in total. The van der Waals surface area contributed by atoms with Crippen molar-refractivity contribution in [3.8, 4) is 0 Å². The summed E-state index contributed by atoms with van der Waals surface area (Å²) >= 11 is 0. The molecule has 0 bridgehead atoms. The van der Waals surface area contributed by atoms with Crippen molar-refractivity contribution >= 4 is 16.2 Å². The molecule has 1 aliphatic heterocycles. The molecule has 1 aromatic rings. The summed E-state index contributed by atoms with van der Waals surface area (Å²) in [4.78, 5) is 12.4. The molecule has 0 aliphatic carbocycles. The Morgan fingerprint density at radius 3 is 2.55 bits per heavy atom. The van der Waals surface area contributed by atoms with Crippen molar-refractivity contribution in [2.45, 2.75) is 37.4 Å². The molecule has 0 saturated carbocycles. The number of amides is 1. The molecule has 1 aromatic carbocycles. The Bertz CT molecular complexity index is 652. The molecule has 1 amide bonds. The summed E-state index contributed by atoms with van der Waals surface area (Å²) in [5, 5.41) is 9.24. The molecule has 22 heavy (non-hydrogen) atoms. The van der Waals surface area contributed by atoms with Crippen LogP contribution >= 0.6 is 0 Å². The van der Waals surface area contributed by atoms with Gasteiger partial charge in [0.25, 0.3) is 10.1 Å². The van der Waals surface area contributed by atoms with E-state index in [0.717, 1.165) is 10.5 Å². The van der Waals surface area contributed by atoms with Crippen molar-refractivity contribution in [3.05, 3.63) is 29.8 Å². The van der Waals surface area contributed by atoms with E-state index in [1.54, 1.807) is 26.0 Å². The Balaban J connectivity index is 2.09. The normalized spacial score (nSPS) is 21.0. The minimum absolute atomic E-state index is 0.0400. The first-order valence-corrected chi connectivity index (χ1v) is 8.16. The van der Waals surface area contributed by atoms with Gasteiger partial charge in [0.1, 0.15) is 5.72 Å². The quantitative estimate of drug-likeness (QED) is 0.847. The second kappa shape index (κ2) is 5.86. The third kappa shape index (κ3) is 3.40. The lowest BCUT2D eigenvalue weighted by molar-refractivity contribution is -0.0429. The van der Waals surface area contributed by atoms with Gasteiger partial charge in [0, 0.05) is 0 Å². The van der Waals surface area contributed by atoms with Crippen LogP contribution in [-0.2, 0) is 19.0 Å². The Morgan fingerprint density at radius 1 is 1.41 bits per heavy atom. The molecule has 0 radical (unpaired) electrons. The maximum absolute atomic E-state index is 12.1. The average Bonchev–Trinajstić information content (AvgIpc) is 2.72. The van der Waals surface area contributed by atoms with E-state index in [9.17, 15) is 18.3 Å². The molecule has 0 spiro atoms. The molecule has 1 heterocycles. The second-order valence-electron chi connectivity index (χ2n) is 5.62. The van der Waals surface area contributed by atoms with Gasteiger partial charge in [-0.3, -0.25) is 9.08 Å². The average molecular weight is 329 g/mol. The molecule has 1 saturated heterocycles. The molecule has 1 N–H and O–H groups in total. The fourth-order valence-electron chi connectivity index (χ4n) is 2.33. The van der Waals surface area contributed by atoms with Crippen LogP contribution in [0.2, 0.25) is 0 Å². The number of ether oxygens (including phenoxy) is 1. The number of hydrogen-bond acceptors (Lipinski definition) is 5. The van der Waals surface area contributed by atoms with Crippen molar-refractivity contribution in [2.24, 2.45) is 0 Å². The molecule has 122 valence electrons. The maximum atomic E-state index is 12.1. The molecule has 1 atom stereocenters. The van der Waals surface area contributed by atoms with Crippen molar-refractivity contribution in [1.29, 1.82) is 0 Å². The third-order valence-corrected chi connectivity index (χ3v) is 4.80. The van der Waals surface area contributed by atoms with Crippen LogP contribution in [0.4, 0.5) is 4.79 Å². The number of nitrogens with zero attached hydrogens (tertiary/aromatic N) is 1. The maximum Gasteiger partial charge on any atom is 0.409 e. The van der Waals surface area contributed by atoms with Gasteiger partial charge >= 0.3 is 6.09 Å². The number of aryl methyl sites for hydroxylation is 1. The summed E-state index contributed by atoms with van der Waals surface area (Å²) in [6.07, 6.45) is -1.18. The number of benzene rings is 1. The zero-order valence-corrected chi connectivity index (χ0v) is 13.5. The Morgan fingerprint density at radius 2 is 2.00 bits per heavy atom. The van der Waals surface area contributed by atoms with Gasteiger partial charge in [0.05, 0.1) is 24.2 Å². The van der Waals surface area contributed by atoms with Gasteiger partial charge in [-0.2, -0.15) is 8.42 Å². The van der Waals surface area contributed by atoms with Crippen LogP contribution in [0.25, 0.3) is 0 Å². The van der Waals surface area contributed by atoms with Gasteiger partial charge in [0.2, 0.25) is 0 Å². The van der Waals surface area contributed by atoms with E-state index in [1.165, 1.54) is 12.1 Å². The van der Waals surface area contributed by atoms with Crippen LogP contribution in [0, 0.1) is 6.92 Å². The topological polar surface area (TPSA) is 93.1 Å². The van der Waals surface area contributed by atoms with Crippen LogP contribution < -0.4 is 0 Å². The summed E-state index contributed by atoms with van der Waals surface area (Å²) < 4.78 is 34.6. The second-order valence-corrected chi connectivity index (χ2v) is 7.23. The van der Waals surface area contributed by atoms with Gasteiger partial charge in [0.15, 0.2) is 0 Å². The standard InChI is InChI=1S/C14H19NO6S/c1-10-4-6-12(7-5-10)22(18,19)21-9-11-8-20-14(2,3)15(11)13(16)17/h4-7,11H,8-9H2,1-3H3,(H,16,17)/t11-/m1/s1. The summed E-state index contributed by atoms with van der Waals surface area (Å²) in [7, 11) is -3.93. The van der Waals surface area contributed by atoms with Gasteiger partial charge < -0.3 is 9.84 Å². The molecule has 0 aromatic heterocycles. The van der Waals surface area contributed by atoms with Gasteiger partial charge in [-0.15, -0.1) is 0 Å². The van der Waals surface area contributed by atoms with Crippen LogP contribution in [-0.4, -0.2) is 49.5 Å². The molecule has 0 unspecified atom stereocenters. The Labute approximate surface area is 129 Å². The predicted molar refractivity (Wildman–Crippen MR) is 78.0 cm³/mol. The van der Waals surface area contributed by atoms with Crippen LogP contribution in [0.5, 0.6) is 0 Å². The summed E-state index contributed by atoms with van der Waals surface area (Å²) in [6, 6.07) is 5.57. The largest absolute Gasteiger partial charge is 0.465 e. The van der Waals surface area contributed by atoms with E-state index in [4.69, 9.17) is 8.92 Å². The van der Waals surface area contributed by atoms with Gasteiger partial charge in [-0.25, -0.2) is 4.79 Å². The first-order valence-electron chi connectivity index (χ1n) is 6.76. The monoisotopic (exact) mass is 329 g/mol. The van der Waals surface area contributed by atoms with Crippen LogP contribution in [0.3, 0.4) is 0 Å². The smallest absolute Gasteiger partial charge is 0.409 e. The SMILES string of the molecule is Cc1ccc(S(=O)(=O)OC[C@H]2COC(C)(C)N2C(=O)O)cc1. The van der Waals surface area contributed by atoms with Crippen LogP contribution in [0.1, 0.15) is 19.4 Å². The number of rotatable bonds is 4. The van der Waals surface area contributed by atoms with E-state index in [2.05, 4.69) is 0 Å². The minimum atomic E-state index is -3.93. The highest BCUT2D eigenvalue weighted by Crippen LogP contribution is 2.28. The molecule has 1 fully saturated rings. The molecule has 1 aliphatic rings. The molecule has 2 rings (SSSR count). The third-order valence-electron chi connectivity index (χ3n) is 3.51. The minimum Gasteiger partial charge on any atom is -0.465 e. The van der Waals surface area contributed by atoms with E-state index >= 15 is 0 Å². The molecule has 8 heteroatoms. The molecular formula is C14H19NO6S. The molecular weight excluding hydrogens is 310 g/mol. The van der Waals surface area contributed by atoms with Crippen LogP contribution in [0.15, 0.2) is 29.2 Å².